The van der Waals surface area contributed by atoms with Gasteiger partial charge in [-0.3, -0.25) is 14.4 Å². The molecule has 1 amide bonds. The Morgan fingerprint density at radius 1 is 1.19 bits per heavy atom. The van der Waals surface area contributed by atoms with Crippen LogP contribution < -0.4 is 0 Å². The third-order valence-corrected chi connectivity index (χ3v) is 4.59. The molecule has 2 aromatic rings. The van der Waals surface area contributed by atoms with Gasteiger partial charge >= 0.3 is 5.97 Å². The van der Waals surface area contributed by atoms with E-state index in [0.717, 1.165) is 0 Å². The quantitative estimate of drug-likeness (QED) is 0.877. The summed E-state index contributed by atoms with van der Waals surface area (Å²) >= 11 is 0. The molecule has 1 saturated heterocycles. The number of amides is 1. The Labute approximate surface area is 150 Å². The molecule has 1 fully saturated rings. The van der Waals surface area contributed by atoms with Crippen molar-refractivity contribution < 1.29 is 19.1 Å². The van der Waals surface area contributed by atoms with Gasteiger partial charge in [0.15, 0.2) is 0 Å². The number of rotatable bonds is 5. The maximum Gasteiger partial charge on any atom is 0.328 e. The first-order valence-corrected chi connectivity index (χ1v) is 8.48. The Morgan fingerprint density at radius 2 is 1.88 bits per heavy atom. The highest BCUT2D eigenvalue weighted by atomic mass is 19.1. The zero-order valence-corrected chi connectivity index (χ0v) is 14.5. The lowest BCUT2D eigenvalue weighted by Crippen LogP contribution is -2.48. The lowest BCUT2D eigenvalue weighted by molar-refractivity contribution is -0.140. The molecule has 0 bridgehead atoms. The number of hydrogen-bond acceptors (Lipinski definition) is 4. The maximum atomic E-state index is 13.8. The molecule has 1 aliphatic heterocycles. The monoisotopic (exact) mass is 360 g/mol. The minimum atomic E-state index is -1.01. The van der Waals surface area contributed by atoms with Crippen molar-refractivity contribution in [1.29, 1.82) is 0 Å². The highest BCUT2D eigenvalue weighted by Gasteiger charge is 2.25. The number of carbonyl (C=O) groups is 2. The Kier molecular flexibility index (Phi) is 5.32. The highest BCUT2D eigenvalue weighted by Crippen LogP contribution is 2.14. The van der Waals surface area contributed by atoms with Crippen molar-refractivity contribution in [2.24, 2.45) is 0 Å². The number of carboxylic acid groups (broad SMARTS) is 1. The van der Waals surface area contributed by atoms with E-state index in [1.165, 1.54) is 29.9 Å². The van der Waals surface area contributed by atoms with E-state index in [9.17, 15) is 14.0 Å². The molecular weight excluding hydrogens is 339 g/mol. The van der Waals surface area contributed by atoms with Crippen molar-refractivity contribution in [2.45, 2.75) is 19.5 Å². The average molecular weight is 360 g/mol. The Bertz CT molecular complexity index is 799. The van der Waals surface area contributed by atoms with E-state index in [2.05, 4.69) is 10.00 Å². The molecule has 0 aliphatic carbocycles. The fraction of sp³-hybridized carbons (Fsp3) is 0.389. The molecule has 2 heterocycles. The van der Waals surface area contributed by atoms with Crippen LogP contribution in [-0.4, -0.2) is 62.7 Å². The van der Waals surface area contributed by atoms with E-state index < -0.39 is 12.0 Å². The Hall–Kier alpha value is -2.74. The molecule has 1 aliphatic rings. The van der Waals surface area contributed by atoms with Gasteiger partial charge in [-0.05, 0) is 19.1 Å². The molecule has 1 aromatic heterocycles. The molecule has 0 saturated carbocycles. The number of hydrogen-bond donors (Lipinski definition) is 1. The van der Waals surface area contributed by atoms with Crippen molar-refractivity contribution in [3.63, 3.8) is 0 Å². The first-order valence-electron chi connectivity index (χ1n) is 8.48. The third-order valence-electron chi connectivity index (χ3n) is 4.59. The topological polar surface area (TPSA) is 78.7 Å². The molecule has 138 valence electrons. The van der Waals surface area contributed by atoms with E-state index in [1.807, 2.05) is 6.07 Å². The van der Waals surface area contributed by atoms with Gasteiger partial charge < -0.3 is 10.0 Å². The average Bonchev–Trinajstić information content (AvgIpc) is 3.13. The third kappa shape index (κ3) is 3.91. The largest absolute Gasteiger partial charge is 0.480 e. The van der Waals surface area contributed by atoms with Crippen LogP contribution in [-0.2, 0) is 11.3 Å². The zero-order chi connectivity index (χ0) is 18.7. The maximum absolute atomic E-state index is 13.8. The minimum absolute atomic E-state index is 0.216. The van der Waals surface area contributed by atoms with Gasteiger partial charge in [0.1, 0.15) is 17.6 Å². The fourth-order valence-electron chi connectivity index (χ4n) is 2.92. The van der Waals surface area contributed by atoms with Gasteiger partial charge in [0.05, 0.1) is 0 Å². The van der Waals surface area contributed by atoms with E-state index in [4.69, 9.17) is 5.11 Å². The summed E-state index contributed by atoms with van der Waals surface area (Å²) in [7, 11) is 0. The Balaban J connectivity index is 1.57. The predicted octanol–water partition coefficient (Wildman–Crippen LogP) is 1.63. The highest BCUT2D eigenvalue weighted by molar-refractivity contribution is 5.92. The predicted molar refractivity (Wildman–Crippen MR) is 92.2 cm³/mol. The summed E-state index contributed by atoms with van der Waals surface area (Å²) < 4.78 is 15.0. The van der Waals surface area contributed by atoms with Crippen LogP contribution in [0.2, 0.25) is 0 Å². The van der Waals surface area contributed by atoms with Crippen molar-refractivity contribution in [3.05, 3.63) is 53.6 Å². The molecule has 1 atom stereocenters. The smallest absolute Gasteiger partial charge is 0.328 e. The summed E-state index contributed by atoms with van der Waals surface area (Å²) in [5.41, 5.74) is 0.884. The summed E-state index contributed by atoms with van der Waals surface area (Å²) in [6, 6.07) is 7.40. The van der Waals surface area contributed by atoms with Crippen molar-refractivity contribution in [3.8, 4) is 0 Å². The number of benzene rings is 1. The number of aromatic nitrogens is 2. The van der Waals surface area contributed by atoms with Crippen molar-refractivity contribution in [2.75, 3.05) is 26.2 Å². The Morgan fingerprint density at radius 3 is 2.54 bits per heavy atom. The molecule has 0 spiro atoms. The van der Waals surface area contributed by atoms with Gasteiger partial charge in [0.25, 0.3) is 5.91 Å². The summed E-state index contributed by atoms with van der Waals surface area (Å²) in [6.07, 6.45) is 1.50. The van der Waals surface area contributed by atoms with Crippen LogP contribution in [0.25, 0.3) is 0 Å². The number of halogens is 1. The van der Waals surface area contributed by atoms with Crippen molar-refractivity contribution in [1.82, 2.24) is 19.6 Å². The fourth-order valence-corrected chi connectivity index (χ4v) is 2.92. The number of aliphatic carboxylic acids is 1. The van der Waals surface area contributed by atoms with Crippen LogP contribution in [0.4, 0.5) is 4.39 Å². The normalized spacial score (nSPS) is 16.5. The number of carbonyl (C=O) groups excluding carboxylic acids is 1. The summed E-state index contributed by atoms with van der Waals surface area (Å²) in [5.74, 6) is -1.44. The van der Waals surface area contributed by atoms with Gasteiger partial charge in [-0.2, -0.15) is 5.10 Å². The van der Waals surface area contributed by atoms with Crippen LogP contribution in [0.5, 0.6) is 0 Å². The van der Waals surface area contributed by atoms with Crippen LogP contribution in [0.1, 0.15) is 29.0 Å². The molecular formula is C18H21FN4O3. The number of nitrogens with zero attached hydrogens (tertiary/aromatic N) is 4. The van der Waals surface area contributed by atoms with Gasteiger partial charge in [0, 0.05) is 44.5 Å². The second kappa shape index (κ2) is 7.65. The second-order valence-electron chi connectivity index (χ2n) is 6.35. The van der Waals surface area contributed by atoms with Crippen LogP contribution >= 0.6 is 0 Å². The number of piperazine rings is 1. The summed E-state index contributed by atoms with van der Waals surface area (Å²) in [4.78, 5) is 27.3. The van der Waals surface area contributed by atoms with E-state index in [0.29, 0.717) is 38.3 Å². The van der Waals surface area contributed by atoms with Gasteiger partial charge in [0.2, 0.25) is 0 Å². The summed E-state index contributed by atoms with van der Waals surface area (Å²) in [5, 5.41) is 13.1. The molecule has 0 radical (unpaired) electrons. The molecule has 7 nitrogen and oxygen atoms in total. The lowest BCUT2D eigenvalue weighted by Gasteiger charge is -2.34. The van der Waals surface area contributed by atoms with Gasteiger partial charge in [-0.1, -0.05) is 18.2 Å². The van der Waals surface area contributed by atoms with E-state index in [-0.39, 0.29) is 17.4 Å². The second-order valence-corrected chi connectivity index (χ2v) is 6.35. The van der Waals surface area contributed by atoms with Crippen LogP contribution in [0.3, 0.4) is 0 Å². The van der Waals surface area contributed by atoms with Gasteiger partial charge in [-0.25, -0.2) is 9.18 Å². The first kappa shape index (κ1) is 18.1. The molecule has 26 heavy (non-hydrogen) atoms. The molecule has 3 rings (SSSR count). The molecule has 1 aromatic carbocycles. The van der Waals surface area contributed by atoms with Crippen LogP contribution in [0.15, 0.2) is 36.5 Å². The van der Waals surface area contributed by atoms with Gasteiger partial charge in [-0.15, -0.1) is 0 Å². The SMILES string of the molecule is CC(C(=O)O)n1ccc(C(=O)N2CCN(Cc3ccccc3F)CC2)n1. The lowest BCUT2D eigenvalue weighted by atomic mass is 10.2. The van der Waals surface area contributed by atoms with E-state index in [1.54, 1.807) is 17.0 Å². The molecule has 8 heteroatoms. The minimum Gasteiger partial charge on any atom is -0.480 e. The van der Waals surface area contributed by atoms with Crippen LogP contribution in [0, 0.1) is 5.82 Å². The standard InChI is InChI=1S/C18H21FN4O3/c1-13(18(25)26)23-7-6-16(20-23)17(24)22-10-8-21(9-11-22)12-14-4-2-3-5-15(14)19/h2-7,13H,8-12H2,1H3,(H,25,26). The van der Waals surface area contributed by atoms with E-state index >= 15 is 0 Å². The zero-order valence-electron chi connectivity index (χ0n) is 14.5. The number of carboxylic acids is 1. The first-order chi connectivity index (χ1) is 12.5. The molecule has 1 unspecified atom stereocenters. The summed E-state index contributed by atoms with van der Waals surface area (Å²) in [6.45, 7) is 4.35. The molecule has 1 N–H and O–H groups in total. The van der Waals surface area contributed by atoms with Crippen molar-refractivity contribution >= 4 is 11.9 Å².